The van der Waals surface area contributed by atoms with Gasteiger partial charge in [0.25, 0.3) is 0 Å². The summed E-state index contributed by atoms with van der Waals surface area (Å²) in [5, 5.41) is 13.0. The third kappa shape index (κ3) is 13.0. The van der Waals surface area contributed by atoms with E-state index in [0.29, 0.717) is 17.4 Å². The van der Waals surface area contributed by atoms with E-state index in [2.05, 4.69) is 62.3 Å². The number of amides is 3. The van der Waals surface area contributed by atoms with Gasteiger partial charge in [0.1, 0.15) is 17.4 Å². The van der Waals surface area contributed by atoms with E-state index < -0.39 is 6.09 Å². The highest BCUT2D eigenvalue weighted by atomic mass is 35.5. The van der Waals surface area contributed by atoms with E-state index in [1.807, 2.05) is 117 Å². The Bertz CT molecular complexity index is 3350. The van der Waals surface area contributed by atoms with E-state index in [1.54, 1.807) is 42.7 Å². The number of nitrogens with one attached hydrogen (secondary N) is 3. The molecule has 0 bridgehead atoms. The second kappa shape index (κ2) is 24.6. The van der Waals surface area contributed by atoms with E-state index in [1.165, 1.54) is 22.8 Å². The van der Waals surface area contributed by atoms with Crippen LogP contribution in [0.3, 0.4) is 0 Å². The van der Waals surface area contributed by atoms with Crippen LogP contribution in [0.5, 0.6) is 5.75 Å². The lowest BCUT2D eigenvalue weighted by atomic mass is 9.76. The smallest absolute Gasteiger partial charge is 0.410 e. The van der Waals surface area contributed by atoms with Crippen LogP contribution in [0.2, 0.25) is 0 Å². The fraction of sp³-hybridized carbons (Fsp3) is 0.194. The molecule has 2 heterocycles. The van der Waals surface area contributed by atoms with Crippen LogP contribution >= 0.6 is 12.4 Å². The number of nitrogens with zero attached hydrogens (tertiary/aromatic N) is 2. The number of ether oxygens (including phenoxy) is 1. The van der Waals surface area contributed by atoms with Crippen LogP contribution in [0.1, 0.15) is 69.4 Å². The average Bonchev–Trinajstić information content (AvgIpc) is 3.40. The number of aryl methyl sites for hydroxylation is 4. The minimum absolute atomic E-state index is 0. The maximum atomic E-state index is 13.9. The van der Waals surface area contributed by atoms with E-state index in [-0.39, 0.29) is 48.1 Å². The van der Waals surface area contributed by atoms with Gasteiger partial charge in [-0.25, -0.2) is 18.4 Å². The highest BCUT2D eigenvalue weighted by Gasteiger charge is 2.32. The van der Waals surface area contributed by atoms with Crippen LogP contribution in [0.15, 0.2) is 188 Å². The number of para-hydroxylation sites is 1. The lowest BCUT2D eigenvalue weighted by molar-refractivity contribution is 0.215. The molecule has 0 spiro atoms. The summed E-state index contributed by atoms with van der Waals surface area (Å²) in [5.41, 5.74) is 16.6. The van der Waals surface area contributed by atoms with Gasteiger partial charge in [-0.15, -0.1) is 12.4 Å². The molecule has 0 saturated heterocycles. The molecule has 9 aromatic rings. The Labute approximate surface area is 437 Å². The van der Waals surface area contributed by atoms with Crippen molar-refractivity contribution in [2.45, 2.75) is 76.3 Å². The summed E-state index contributed by atoms with van der Waals surface area (Å²) in [6.45, 7) is 3.90. The number of urea groups is 1. The van der Waals surface area contributed by atoms with Gasteiger partial charge in [-0.3, -0.25) is 15.3 Å². The Balaban J connectivity index is 0.000000155. The minimum Gasteiger partial charge on any atom is -0.410 e. The van der Waals surface area contributed by atoms with E-state index in [0.717, 1.165) is 93.8 Å². The number of hydrogen-bond donors (Lipinski definition) is 4. The topological polar surface area (TPSA) is 131 Å². The highest BCUT2D eigenvalue weighted by Crippen LogP contribution is 2.36. The monoisotopic (exact) mass is 1010 g/mol. The van der Waals surface area contributed by atoms with Crippen molar-refractivity contribution in [3.63, 3.8) is 0 Å². The first-order valence-corrected chi connectivity index (χ1v) is 24.8. The van der Waals surface area contributed by atoms with Crippen molar-refractivity contribution < 1.29 is 23.1 Å². The molecule has 0 saturated carbocycles. The molecule has 7 aromatic carbocycles. The van der Waals surface area contributed by atoms with Gasteiger partial charge in [-0.05, 0) is 146 Å². The Kier molecular flexibility index (Phi) is 17.4. The highest BCUT2D eigenvalue weighted by molar-refractivity contribution is 6.03. The normalized spacial score (nSPS) is 16.3. The number of hydrogen-bond acceptors (Lipinski definition) is 6. The molecular formula is C62H59ClF2N6O3. The average molecular weight is 1010 g/mol. The molecule has 0 fully saturated rings. The summed E-state index contributed by atoms with van der Waals surface area (Å²) in [5.74, 6) is 0.520. The third-order valence-electron chi connectivity index (χ3n) is 13.8. The first-order valence-electron chi connectivity index (χ1n) is 24.8. The van der Waals surface area contributed by atoms with Crippen LogP contribution < -0.4 is 26.4 Å². The largest absolute Gasteiger partial charge is 0.417 e. The number of halogens is 3. The molecule has 0 aliphatic heterocycles. The molecule has 2 aromatic heterocycles. The van der Waals surface area contributed by atoms with Crippen molar-refractivity contribution >= 4 is 57.5 Å². The predicted octanol–water partition coefficient (Wildman–Crippen LogP) is 14.1. The Morgan fingerprint density at radius 3 is 1.61 bits per heavy atom. The number of nitrogens with two attached hydrogens (primary N) is 1. The fourth-order valence-electron chi connectivity index (χ4n) is 10.2. The van der Waals surface area contributed by atoms with Crippen molar-refractivity contribution in [3.8, 4) is 5.75 Å². The molecule has 3 amide bonds. The SMILES string of the molecule is Cc1nccc2c(NC(=O)NC3CCc4cc(F)ccc4C3Cc3ccccc3)cccc12.Cc1nccc2c(NC(=O)Oc3ccccc3)cccc12.Cl.NC1CCc2cc(F)ccc2C1Cc1ccccc1. The quantitative estimate of drug-likeness (QED) is 0.120. The maximum Gasteiger partial charge on any atom is 0.417 e. The van der Waals surface area contributed by atoms with Gasteiger partial charge in [-0.2, -0.15) is 0 Å². The van der Waals surface area contributed by atoms with Gasteiger partial charge < -0.3 is 21.1 Å². The molecule has 2 aliphatic rings. The molecule has 4 atom stereocenters. The number of rotatable bonds is 8. The zero-order valence-electron chi connectivity index (χ0n) is 41.3. The van der Waals surface area contributed by atoms with Crippen LogP contribution in [0, 0.1) is 25.5 Å². The first kappa shape index (κ1) is 52.3. The summed E-state index contributed by atoms with van der Waals surface area (Å²) in [6.07, 6.45) is 8.02. The maximum absolute atomic E-state index is 13.9. The standard InChI is InChI=1S/C28H26FN3O.C17H18FN.C17H14N2O2.ClH/c1-18-22-8-5-9-26(24(22)14-15-30-18)31-28(33)32-27-13-10-20-17-21(29)11-12-23(20)25(27)16-19-6-3-2-4-7-19;18-14-7-8-15-13(11-14)6-9-17(19)16(15)10-12-4-2-1-3-5-12;1-12-14-8-5-9-16(15(14)10-11-18-12)19-17(20)21-13-6-3-2-4-7-13;/h2-9,11-12,14-15,17,25,27H,10,13,16H2,1H3,(H2,31,32,33);1-5,7-8,11,16-17H,6,9-10,19H2;2-11H,1H3,(H,19,20);1H. The van der Waals surface area contributed by atoms with Crippen molar-refractivity contribution in [2.24, 2.45) is 5.73 Å². The Morgan fingerprint density at radius 2 is 1.05 bits per heavy atom. The van der Waals surface area contributed by atoms with Gasteiger partial charge in [-0.1, -0.05) is 115 Å². The van der Waals surface area contributed by atoms with Gasteiger partial charge in [0.15, 0.2) is 0 Å². The summed E-state index contributed by atoms with van der Waals surface area (Å²) in [7, 11) is 0. The third-order valence-corrected chi connectivity index (χ3v) is 13.8. The number of carbonyl (C=O) groups excluding carboxylic acids is 2. The molecule has 11 rings (SSSR count). The summed E-state index contributed by atoms with van der Waals surface area (Å²) >= 11 is 0. The van der Waals surface area contributed by atoms with Crippen molar-refractivity contribution in [1.29, 1.82) is 0 Å². The molecule has 9 nitrogen and oxygen atoms in total. The number of fused-ring (bicyclic) bond motifs is 4. The van der Waals surface area contributed by atoms with E-state index >= 15 is 0 Å². The van der Waals surface area contributed by atoms with Crippen LogP contribution in [0.25, 0.3) is 21.5 Å². The van der Waals surface area contributed by atoms with Crippen LogP contribution in [-0.4, -0.2) is 34.2 Å². The van der Waals surface area contributed by atoms with Gasteiger partial charge in [0, 0.05) is 69.2 Å². The van der Waals surface area contributed by atoms with Crippen LogP contribution in [0.4, 0.5) is 29.7 Å². The first-order chi connectivity index (χ1) is 35.6. The number of benzene rings is 7. The van der Waals surface area contributed by atoms with Crippen molar-refractivity contribution in [2.75, 3.05) is 10.6 Å². The second-order valence-electron chi connectivity index (χ2n) is 18.6. The molecule has 4 unspecified atom stereocenters. The predicted molar refractivity (Wildman–Crippen MR) is 295 cm³/mol. The Hall–Kier alpha value is -7.99. The molecule has 5 N–H and O–H groups in total. The number of carbonyl (C=O) groups is 2. The number of anilines is 2. The molecule has 74 heavy (non-hydrogen) atoms. The lowest BCUT2D eigenvalue weighted by Crippen LogP contribution is -2.44. The summed E-state index contributed by atoms with van der Waals surface area (Å²) < 4.78 is 32.4. The zero-order chi connectivity index (χ0) is 50.7. The molecule has 2 aliphatic carbocycles. The summed E-state index contributed by atoms with van der Waals surface area (Å²) in [4.78, 5) is 33.6. The van der Waals surface area contributed by atoms with Gasteiger partial charge >= 0.3 is 12.1 Å². The number of aromatic nitrogens is 2. The van der Waals surface area contributed by atoms with Gasteiger partial charge in [0.2, 0.25) is 0 Å². The molecule has 376 valence electrons. The van der Waals surface area contributed by atoms with Crippen molar-refractivity contribution in [1.82, 2.24) is 15.3 Å². The lowest BCUT2D eigenvalue weighted by Gasteiger charge is -2.34. The number of pyridine rings is 2. The molecule has 0 radical (unpaired) electrons. The van der Waals surface area contributed by atoms with E-state index in [9.17, 15) is 18.4 Å². The molecular weight excluding hydrogens is 950 g/mol. The fourth-order valence-corrected chi connectivity index (χ4v) is 10.2. The zero-order valence-corrected chi connectivity index (χ0v) is 42.1. The summed E-state index contributed by atoms with van der Waals surface area (Å²) in [6, 6.07) is 55.0. The molecule has 12 heteroatoms. The minimum atomic E-state index is -0.511. The van der Waals surface area contributed by atoms with E-state index in [4.69, 9.17) is 10.5 Å². The van der Waals surface area contributed by atoms with Crippen molar-refractivity contribution in [3.05, 3.63) is 245 Å². The van der Waals surface area contributed by atoms with Gasteiger partial charge in [0.05, 0.1) is 11.4 Å². The Morgan fingerprint density at radius 1 is 0.568 bits per heavy atom. The second-order valence-corrected chi connectivity index (χ2v) is 18.6. The van der Waals surface area contributed by atoms with Crippen LogP contribution in [-0.2, 0) is 25.7 Å².